The number of carboxylic acids is 1. The Morgan fingerprint density at radius 3 is 2.15 bits per heavy atom. The predicted molar refractivity (Wildman–Crippen MR) is 100 cm³/mol. The molecule has 0 radical (unpaired) electrons. The molecule has 9 heteroatoms. The number of ether oxygens (including phenoxy) is 1. The fraction of sp³-hybridized carbons (Fsp3) is 0.278. The van der Waals surface area contributed by atoms with Gasteiger partial charge >= 0.3 is 16.0 Å². The van der Waals surface area contributed by atoms with Gasteiger partial charge in [0, 0.05) is 17.3 Å². The number of carbonyl (C=O) groups is 1. The fourth-order valence-corrected chi connectivity index (χ4v) is 5.13. The second kappa shape index (κ2) is 7.59. The van der Waals surface area contributed by atoms with Gasteiger partial charge in [0.25, 0.3) is 0 Å². The molecule has 0 amide bonds. The highest BCUT2D eigenvalue weighted by atomic mass is 79.9. The summed E-state index contributed by atoms with van der Waals surface area (Å²) in [5, 5.41) is 20.1. The molecule has 0 aromatic heterocycles. The van der Waals surface area contributed by atoms with Gasteiger partial charge in [0.15, 0.2) is 0 Å². The van der Waals surface area contributed by atoms with E-state index in [1.165, 1.54) is 24.3 Å². The Kier molecular flexibility index (Phi) is 5.57. The lowest BCUT2D eigenvalue weighted by molar-refractivity contribution is -1.02. The van der Waals surface area contributed by atoms with Gasteiger partial charge in [0.1, 0.15) is 22.9 Å². The van der Waals surface area contributed by atoms with E-state index in [4.69, 9.17) is 4.74 Å². The first-order valence-corrected chi connectivity index (χ1v) is 10.6. The van der Waals surface area contributed by atoms with Crippen LogP contribution in [-0.2, 0) is 14.8 Å². The lowest BCUT2D eigenvalue weighted by atomic mass is 10.1. The lowest BCUT2D eigenvalue weighted by Crippen LogP contribution is -2.61. The minimum absolute atomic E-state index is 0.107. The molecule has 0 spiro atoms. The van der Waals surface area contributed by atoms with Crippen LogP contribution >= 0.6 is 15.9 Å². The Labute approximate surface area is 165 Å². The van der Waals surface area contributed by atoms with Crippen molar-refractivity contribution in [2.75, 3.05) is 6.54 Å². The van der Waals surface area contributed by atoms with E-state index in [1.54, 1.807) is 12.1 Å². The number of hydrogen-bond donors (Lipinski definition) is 2. The standard InChI is InChI=1S/C18H18BrNO6S/c19-13-4-6-14(7-5-13)26-15-8-10-16(11-9-15)27(24,25)20(23)12-2-1-3-17(20)18(21)22/h4-11,17,23H,1-3,12H2/p+1/t17?,20-/m1/s1. The molecule has 1 aliphatic heterocycles. The zero-order chi connectivity index (χ0) is 19.7. The van der Waals surface area contributed by atoms with E-state index < -0.39 is 26.1 Å². The summed E-state index contributed by atoms with van der Waals surface area (Å²) in [7, 11) is -4.30. The minimum Gasteiger partial charge on any atom is -0.477 e. The van der Waals surface area contributed by atoms with Crippen LogP contribution in [0.15, 0.2) is 57.9 Å². The molecule has 3 rings (SSSR count). The van der Waals surface area contributed by atoms with Crippen LogP contribution in [0.3, 0.4) is 0 Å². The van der Waals surface area contributed by atoms with E-state index in [-0.39, 0.29) is 17.9 Å². The molecular weight excluding hydrogens is 438 g/mol. The number of sulfonamides is 1. The number of hydroxylamine groups is 2. The van der Waals surface area contributed by atoms with Gasteiger partial charge in [-0.15, -0.1) is 0 Å². The number of aliphatic carboxylic acids is 1. The molecule has 0 aliphatic carbocycles. The van der Waals surface area contributed by atoms with Gasteiger partial charge in [-0.05, 0) is 55.0 Å². The van der Waals surface area contributed by atoms with E-state index in [9.17, 15) is 23.5 Å². The van der Waals surface area contributed by atoms with E-state index >= 15 is 0 Å². The Morgan fingerprint density at radius 1 is 1.04 bits per heavy atom. The van der Waals surface area contributed by atoms with Gasteiger partial charge in [-0.3, -0.25) is 0 Å². The number of quaternary nitrogens is 1. The summed E-state index contributed by atoms with van der Waals surface area (Å²) in [4.78, 5) is 11.3. The number of benzene rings is 2. The van der Waals surface area contributed by atoms with Crippen molar-refractivity contribution in [2.24, 2.45) is 0 Å². The third-order valence-corrected chi connectivity index (χ3v) is 7.23. The molecule has 1 saturated heterocycles. The molecule has 27 heavy (non-hydrogen) atoms. The second-order valence-corrected chi connectivity index (χ2v) is 9.30. The largest absolute Gasteiger partial charge is 0.477 e. The van der Waals surface area contributed by atoms with Gasteiger partial charge in [-0.1, -0.05) is 20.0 Å². The van der Waals surface area contributed by atoms with Crippen molar-refractivity contribution in [3.63, 3.8) is 0 Å². The van der Waals surface area contributed by atoms with Crippen LogP contribution in [0.5, 0.6) is 11.5 Å². The fourth-order valence-electron chi connectivity index (χ4n) is 3.12. The molecule has 0 saturated carbocycles. The van der Waals surface area contributed by atoms with E-state index in [0.29, 0.717) is 24.3 Å². The quantitative estimate of drug-likeness (QED) is 0.663. The van der Waals surface area contributed by atoms with Crippen LogP contribution < -0.4 is 4.74 Å². The number of nitrogens with zero attached hydrogens (tertiary/aromatic N) is 1. The molecule has 7 nitrogen and oxygen atoms in total. The maximum atomic E-state index is 12.9. The van der Waals surface area contributed by atoms with Gasteiger partial charge in [-0.2, -0.15) is 13.6 Å². The SMILES string of the molecule is O=C(O)C1CCCC[N@@+]1(O)S(=O)(=O)c1ccc(Oc2ccc(Br)cc2)cc1. The van der Waals surface area contributed by atoms with Crippen molar-refractivity contribution in [2.45, 2.75) is 30.2 Å². The molecule has 1 aliphatic rings. The van der Waals surface area contributed by atoms with Crippen molar-refractivity contribution < 1.29 is 32.3 Å². The molecule has 2 atom stereocenters. The third-order valence-electron chi connectivity index (χ3n) is 4.57. The van der Waals surface area contributed by atoms with Crippen LogP contribution in [0.4, 0.5) is 0 Å². The van der Waals surface area contributed by atoms with Crippen molar-refractivity contribution in [1.82, 2.24) is 0 Å². The lowest BCUT2D eigenvalue weighted by Gasteiger charge is -2.36. The molecule has 2 N–H and O–H groups in total. The summed E-state index contributed by atoms with van der Waals surface area (Å²) in [5.41, 5.74) is 0. The molecule has 2 aromatic carbocycles. The van der Waals surface area contributed by atoms with Gasteiger partial charge in [-0.25, -0.2) is 4.79 Å². The van der Waals surface area contributed by atoms with E-state index in [2.05, 4.69) is 15.9 Å². The van der Waals surface area contributed by atoms with Crippen molar-refractivity contribution in [3.05, 3.63) is 53.0 Å². The highest BCUT2D eigenvalue weighted by molar-refractivity contribution is 9.10. The molecule has 1 heterocycles. The topological polar surface area (TPSA) is 101 Å². The summed E-state index contributed by atoms with van der Waals surface area (Å²) in [6, 6.07) is 11.3. The highest BCUT2D eigenvalue weighted by Gasteiger charge is 2.54. The number of hydrogen-bond acceptors (Lipinski definition) is 5. The molecule has 1 unspecified atom stereocenters. The molecule has 1 fully saturated rings. The zero-order valence-corrected chi connectivity index (χ0v) is 16.7. The third kappa shape index (κ3) is 3.86. The summed E-state index contributed by atoms with van der Waals surface area (Å²) >= 11 is 3.33. The number of piperidine rings is 1. The Balaban J connectivity index is 1.86. The number of halogens is 1. The average molecular weight is 457 g/mol. The number of rotatable bonds is 5. The van der Waals surface area contributed by atoms with E-state index in [1.807, 2.05) is 12.1 Å². The monoisotopic (exact) mass is 456 g/mol. The van der Waals surface area contributed by atoms with E-state index in [0.717, 1.165) is 4.47 Å². The first kappa shape index (κ1) is 19.8. The second-order valence-electron chi connectivity index (χ2n) is 6.33. The normalized spacial score (nSPS) is 23.0. The first-order chi connectivity index (χ1) is 12.7. The van der Waals surface area contributed by atoms with Crippen molar-refractivity contribution in [3.8, 4) is 11.5 Å². The molecule has 144 valence electrons. The van der Waals surface area contributed by atoms with Crippen molar-refractivity contribution >= 4 is 31.9 Å². The smallest absolute Gasteiger partial charge is 0.366 e. The Hall–Kier alpha value is -1.94. The maximum Gasteiger partial charge on any atom is 0.366 e. The summed E-state index contributed by atoms with van der Waals surface area (Å²) in [6.45, 7) is -0.156. The van der Waals surface area contributed by atoms with Crippen LogP contribution in [0.25, 0.3) is 0 Å². The minimum atomic E-state index is -4.30. The summed E-state index contributed by atoms with van der Waals surface area (Å²) < 4.78 is 30.9. The van der Waals surface area contributed by atoms with Crippen LogP contribution in [0, 0.1) is 0 Å². The van der Waals surface area contributed by atoms with Crippen LogP contribution in [-0.4, -0.2) is 41.3 Å². The average Bonchev–Trinajstić information content (AvgIpc) is 2.64. The van der Waals surface area contributed by atoms with Crippen LogP contribution in [0.1, 0.15) is 19.3 Å². The molecular formula is C18H19BrNO6S+. The predicted octanol–water partition coefficient (Wildman–Crippen LogP) is 3.77. The van der Waals surface area contributed by atoms with Gasteiger partial charge < -0.3 is 9.84 Å². The number of carboxylic acid groups (broad SMARTS) is 1. The Morgan fingerprint density at radius 2 is 1.59 bits per heavy atom. The van der Waals surface area contributed by atoms with Crippen LogP contribution in [0.2, 0.25) is 0 Å². The van der Waals surface area contributed by atoms with Gasteiger partial charge in [0.2, 0.25) is 6.04 Å². The summed E-state index contributed by atoms with van der Waals surface area (Å²) in [6.07, 6.45) is 1.10. The summed E-state index contributed by atoms with van der Waals surface area (Å²) in [5.74, 6) is -0.313. The Bertz CT molecular complexity index is 929. The van der Waals surface area contributed by atoms with Gasteiger partial charge in [0.05, 0.1) is 0 Å². The molecule has 0 bridgehead atoms. The maximum absolute atomic E-state index is 12.9. The highest BCUT2D eigenvalue weighted by Crippen LogP contribution is 2.33. The zero-order valence-electron chi connectivity index (χ0n) is 14.3. The van der Waals surface area contributed by atoms with Crippen molar-refractivity contribution in [1.29, 1.82) is 0 Å². The molecule has 2 aromatic rings. The first-order valence-electron chi connectivity index (χ1n) is 8.36.